The summed E-state index contributed by atoms with van der Waals surface area (Å²) in [7, 11) is 1.45. The Hall–Kier alpha value is -3.08. The number of aromatic hydroxyl groups is 1. The molecule has 5 heteroatoms. The predicted molar refractivity (Wildman–Crippen MR) is 86.6 cm³/mol. The minimum atomic E-state index is -0.236. The number of allylic oxidation sites excluding steroid dienone is 1. The van der Waals surface area contributed by atoms with Crippen molar-refractivity contribution in [1.29, 1.82) is 0 Å². The Labute approximate surface area is 133 Å². The van der Waals surface area contributed by atoms with Gasteiger partial charge >= 0.3 is 0 Å². The zero-order chi connectivity index (χ0) is 16.6. The predicted octanol–water partition coefficient (Wildman–Crippen LogP) is 2.99. The summed E-state index contributed by atoms with van der Waals surface area (Å²) >= 11 is 0. The number of carbonyl (C=O) groups is 2. The Kier molecular flexibility index (Phi) is 3.62. The molecule has 2 aromatic carbocycles. The van der Waals surface area contributed by atoms with E-state index in [1.165, 1.54) is 25.0 Å². The van der Waals surface area contributed by atoms with E-state index in [-0.39, 0.29) is 23.1 Å². The van der Waals surface area contributed by atoms with Crippen LogP contribution in [0.3, 0.4) is 0 Å². The average Bonchev–Trinajstić information content (AvgIpc) is 2.82. The number of amides is 1. The van der Waals surface area contributed by atoms with Crippen molar-refractivity contribution in [3.8, 4) is 11.5 Å². The number of nitrogens with zero attached hydrogens (tertiary/aromatic N) is 1. The van der Waals surface area contributed by atoms with Crippen molar-refractivity contribution in [2.45, 2.75) is 6.92 Å². The highest BCUT2D eigenvalue weighted by atomic mass is 16.5. The molecule has 0 atom stereocenters. The number of methoxy groups -OCH3 is 1. The Morgan fingerprint density at radius 1 is 1.22 bits per heavy atom. The summed E-state index contributed by atoms with van der Waals surface area (Å²) in [6.07, 6.45) is 1.62. The quantitative estimate of drug-likeness (QED) is 0.866. The number of phenols is 1. The van der Waals surface area contributed by atoms with E-state index in [1.54, 1.807) is 42.5 Å². The zero-order valence-electron chi connectivity index (χ0n) is 12.7. The van der Waals surface area contributed by atoms with Gasteiger partial charge in [-0.2, -0.15) is 0 Å². The molecule has 0 saturated heterocycles. The number of phenolic OH excluding ortho intramolecular Hbond substituents is 1. The maximum Gasteiger partial charge on any atom is 0.228 e. The second kappa shape index (κ2) is 5.61. The minimum Gasteiger partial charge on any atom is -0.504 e. The van der Waals surface area contributed by atoms with E-state index in [0.717, 1.165) is 0 Å². The Balaban J connectivity index is 2.12. The van der Waals surface area contributed by atoms with Crippen LogP contribution in [0.5, 0.6) is 11.5 Å². The standard InChI is InChI=1S/C18H15NO4/c1-11(20)19-14-6-4-3-5-13(14)18(22)15(19)9-12-7-8-16(21)17(10-12)23-2/h3-10,21H,1-2H3/b15-9-. The third-order valence-corrected chi connectivity index (χ3v) is 3.69. The summed E-state index contributed by atoms with van der Waals surface area (Å²) in [5, 5.41) is 9.65. The van der Waals surface area contributed by atoms with Gasteiger partial charge in [-0.15, -0.1) is 0 Å². The van der Waals surface area contributed by atoms with Crippen LogP contribution in [0.4, 0.5) is 5.69 Å². The van der Waals surface area contributed by atoms with Gasteiger partial charge < -0.3 is 9.84 Å². The summed E-state index contributed by atoms with van der Waals surface area (Å²) in [4.78, 5) is 26.0. The van der Waals surface area contributed by atoms with Crippen LogP contribution in [0, 0.1) is 0 Å². The van der Waals surface area contributed by atoms with Crippen LogP contribution in [0.1, 0.15) is 22.8 Å². The van der Waals surface area contributed by atoms with Gasteiger partial charge in [0.25, 0.3) is 0 Å². The van der Waals surface area contributed by atoms with Crippen molar-refractivity contribution in [3.63, 3.8) is 0 Å². The molecular formula is C18H15NO4. The summed E-state index contributed by atoms with van der Waals surface area (Å²) in [5.74, 6) is -0.126. The van der Waals surface area contributed by atoms with Crippen LogP contribution in [0.25, 0.3) is 6.08 Å². The lowest BCUT2D eigenvalue weighted by Gasteiger charge is -2.16. The molecule has 0 radical (unpaired) electrons. The number of fused-ring (bicyclic) bond motifs is 1. The van der Waals surface area contributed by atoms with Crippen LogP contribution in [0.2, 0.25) is 0 Å². The van der Waals surface area contributed by atoms with E-state index in [0.29, 0.717) is 22.6 Å². The van der Waals surface area contributed by atoms with E-state index in [1.807, 2.05) is 0 Å². The van der Waals surface area contributed by atoms with Crippen molar-refractivity contribution in [1.82, 2.24) is 0 Å². The number of hydrogen-bond acceptors (Lipinski definition) is 4. The molecule has 0 unspecified atom stereocenters. The lowest BCUT2D eigenvalue weighted by atomic mass is 10.1. The van der Waals surface area contributed by atoms with Crippen molar-refractivity contribution in [2.75, 3.05) is 12.0 Å². The van der Waals surface area contributed by atoms with Gasteiger partial charge in [-0.1, -0.05) is 18.2 Å². The van der Waals surface area contributed by atoms with Crippen LogP contribution in [-0.4, -0.2) is 23.9 Å². The number of ketones is 1. The molecule has 0 bridgehead atoms. The maximum absolute atomic E-state index is 12.6. The SMILES string of the molecule is COc1cc(/C=C2/C(=O)c3ccccc3N2C(C)=O)ccc1O. The highest BCUT2D eigenvalue weighted by Gasteiger charge is 2.34. The first-order chi connectivity index (χ1) is 11.0. The number of carbonyl (C=O) groups excluding carboxylic acids is 2. The first-order valence-electron chi connectivity index (χ1n) is 7.06. The van der Waals surface area contributed by atoms with Crippen molar-refractivity contribution in [3.05, 3.63) is 59.3 Å². The van der Waals surface area contributed by atoms with Crippen LogP contribution >= 0.6 is 0 Å². The molecule has 1 heterocycles. The van der Waals surface area contributed by atoms with E-state index in [9.17, 15) is 14.7 Å². The molecule has 1 aliphatic rings. The summed E-state index contributed by atoms with van der Waals surface area (Å²) < 4.78 is 5.07. The van der Waals surface area contributed by atoms with Crippen molar-refractivity contribution >= 4 is 23.5 Å². The van der Waals surface area contributed by atoms with Crippen LogP contribution in [0.15, 0.2) is 48.2 Å². The van der Waals surface area contributed by atoms with Gasteiger partial charge in [-0.25, -0.2) is 0 Å². The molecule has 0 saturated carbocycles. The lowest BCUT2D eigenvalue weighted by molar-refractivity contribution is -0.116. The molecule has 0 spiro atoms. The second-order valence-electron chi connectivity index (χ2n) is 5.16. The molecule has 116 valence electrons. The Bertz CT molecular complexity index is 839. The fourth-order valence-electron chi connectivity index (χ4n) is 2.64. The molecular weight excluding hydrogens is 294 g/mol. The highest BCUT2D eigenvalue weighted by Crippen LogP contribution is 2.36. The van der Waals surface area contributed by atoms with Crippen molar-refractivity contribution in [2.24, 2.45) is 0 Å². The summed E-state index contributed by atoms with van der Waals surface area (Å²) in [6, 6.07) is 11.7. The highest BCUT2D eigenvalue weighted by molar-refractivity contribution is 6.26. The minimum absolute atomic E-state index is 0.0131. The number of anilines is 1. The van der Waals surface area contributed by atoms with Crippen molar-refractivity contribution < 1.29 is 19.4 Å². The smallest absolute Gasteiger partial charge is 0.228 e. The fraction of sp³-hybridized carbons (Fsp3) is 0.111. The van der Waals surface area contributed by atoms with Gasteiger partial charge in [-0.05, 0) is 35.9 Å². The summed E-state index contributed by atoms with van der Waals surface area (Å²) in [6.45, 7) is 1.42. The number of ether oxygens (including phenoxy) is 1. The number of hydrogen-bond donors (Lipinski definition) is 1. The molecule has 1 N–H and O–H groups in total. The second-order valence-corrected chi connectivity index (χ2v) is 5.16. The molecule has 1 amide bonds. The topological polar surface area (TPSA) is 66.8 Å². The Morgan fingerprint density at radius 2 is 1.96 bits per heavy atom. The molecule has 1 aliphatic heterocycles. The van der Waals surface area contributed by atoms with Gasteiger partial charge in [-0.3, -0.25) is 14.5 Å². The molecule has 5 nitrogen and oxygen atoms in total. The van der Waals surface area contributed by atoms with E-state index in [4.69, 9.17) is 4.74 Å². The van der Waals surface area contributed by atoms with Gasteiger partial charge in [0.15, 0.2) is 11.5 Å². The maximum atomic E-state index is 12.6. The number of benzene rings is 2. The molecule has 2 aromatic rings. The van der Waals surface area contributed by atoms with E-state index in [2.05, 4.69) is 0 Å². The molecule has 23 heavy (non-hydrogen) atoms. The average molecular weight is 309 g/mol. The number of para-hydroxylation sites is 1. The third kappa shape index (κ3) is 2.46. The summed E-state index contributed by atoms with van der Waals surface area (Å²) in [5.41, 5.74) is 2.02. The van der Waals surface area contributed by atoms with Gasteiger partial charge in [0.2, 0.25) is 11.7 Å². The lowest BCUT2D eigenvalue weighted by Crippen LogP contribution is -2.25. The molecule has 3 rings (SSSR count). The molecule has 0 fully saturated rings. The van der Waals surface area contributed by atoms with Gasteiger partial charge in [0.05, 0.1) is 18.5 Å². The number of rotatable bonds is 2. The van der Waals surface area contributed by atoms with E-state index < -0.39 is 0 Å². The van der Waals surface area contributed by atoms with E-state index >= 15 is 0 Å². The van der Waals surface area contributed by atoms with Gasteiger partial charge in [0.1, 0.15) is 0 Å². The van der Waals surface area contributed by atoms with Gasteiger partial charge in [0, 0.05) is 12.5 Å². The molecule has 0 aromatic heterocycles. The largest absolute Gasteiger partial charge is 0.504 e. The normalized spacial score (nSPS) is 15.0. The first kappa shape index (κ1) is 14.8. The monoisotopic (exact) mass is 309 g/mol. The Morgan fingerprint density at radius 3 is 2.65 bits per heavy atom. The fourth-order valence-corrected chi connectivity index (χ4v) is 2.64. The zero-order valence-corrected chi connectivity index (χ0v) is 12.7. The number of Topliss-reactive ketones (excluding diaryl/α,β-unsaturated/α-hetero) is 1. The third-order valence-electron chi connectivity index (χ3n) is 3.69. The van der Waals surface area contributed by atoms with Crippen LogP contribution in [-0.2, 0) is 4.79 Å². The van der Waals surface area contributed by atoms with Crippen LogP contribution < -0.4 is 9.64 Å². The molecule has 0 aliphatic carbocycles. The first-order valence-corrected chi connectivity index (χ1v) is 7.06.